The van der Waals surface area contributed by atoms with Gasteiger partial charge >= 0.3 is 0 Å². The van der Waals surface area contributed by atoms with Crippen LogP contribution in [-0.2, 0) is 5.88 Å². The minimum absolute atomic E-state index is 0.212. The van der Waals surface area contributed by atoms with Crippen molar-refractivity contribution in [2.75, 3.05) is 0 Å². The first-order valence-electron chi connectivity index (χ1n) is 4.46. The number of ketones is 1. The van der Waals surface area contributed by atoms with Crippen molar-refractivity contribution in [2.24, 2.45) is 0 Å². The van der Waals surface area contributed by atoms with E-state index in [4.69, 9.17) is 11.6 Å². The maximum absolute atomic E-state index is 11.4. The minimum atomic E-state index is 0.212. The van der Waals surface area contributed by atoms with E-state index in [-0.39, 0.29) is 5.78 Å². The fraction of sp³-hybridized carbons (Fsp3) is 0.364. The number of Topliss-reactive ketones (excluding diaryl/α,β-unsaturated/α-hetero) is 1. The van der Waals surface area contributed by atoms with Crippen molar-refractivity contribution < 1.29 is 4.79 Å². The minimum Gasteiger partial charge on any atom is -0.294 e. The second-order valence-corrected chi connectivity index (χ2v) is 3.27. The molecule has 0 amide bonds. The molecule has 0 aromatic heterocycles. The summed E-state index contributed by atoms with van der Waals surface area (Å²) in [6, 6.07) is 7.48. The zero-order chi connectivity index (χ0) is 9.68. The molecule has 0 heterocycles. The lowest BCUT2D eigenvalue weighted by molar-refractivity contribution is 0.0982. The zero-order valence-electron chi connectivity index (χ0n) is 7.72. The van der Waals surface area contributed by atoms with Gasteiger partial charge < -0.3 is 0 Å². The number of hydrogen-bond donors (Lipinski definition) is 0. The number of carbonyl (C=O) groups is 1. The van der Waals surface area contributed by atoms with Crippen LogP contribution in [0.3, 0.4) is 0 Å². The van der Waals surface area contributed by atoms with Gasteiger partial charge in [-0.1, -0.05) is 31.2 Å². The third-order valence-electron chi connectivity index (χ3n) is 1.91. The fourth-order valence-electron chi connectivity index (χ4n) is 1.15. The Bertz CT molecular complexity index is 277. The molecule has 0 saturated carbocycles. The maximum Gasteiger partial charge on any atom is 0.162 e. The largest absolute Gasteiger partial charge is 0.294 e. The highest BCUT2D eigenvalue weighted by atomic mass is 35.5. The quantitative estimate of drug-likeness (QED) is 0.533. The summed E-state index contributed by atoms with van der Waals surface area (Å²) in [6.45, 7) is 2.00. The average Bonchev–Trinajstić information content (AvgIpc) is 2.18. The van der Waals surface area contributed by atoms with Gasteiger partial charge in [-0.15, -0.1) is 11.6 Å². The molecule has 1 aromatic rings. The molecule has 0 bridgehead atoms. The Morgan fingerprint density at radius 3 is 2.38 bits per heavy atom. The van der Waals surface area contributed by atoms with Gasteiger partial charge in [0.2, 0.25) is 0 Å². The summed E-state index contributed by atoms with van der Waals surface area (Å²) in [4.78, 5) is 11.4. The van der Waals surface area contributed by atoms with Gasteiger partial charge in [-0.25, -0.2) is 0 Å². The van der Waals surface area contributed by atoms with Gasteiger partial charge in [-0.3, -0.25) is 4.79 Å². The predicted octanol–water partition coefficient (Wildman–Crippen LogP) is 3.41. The van der Waals surface area contributed by atoms with E-state index >= 15 is 0 Å². The van der Waals surface area contributed by atoms with Gasteiger partial charge in [0.25, 0.3) is 0 Å². The van der Waals surface area contributed by atoms with E-state index in [1.54, 1.807) is 0 Å². The number of alkyl halides is 1. The topological polar surface area (TPSA) is 17.1 Å². The van der Waals surface area contributed by atoms with Crippen molar-refractivity contribution >= 4 is 17.4 Å². The van der Waals surface area contributed by atoms with Crippen LogP contribution >= 0.6 is 11.6 Å². The highest BCUT2D eigenvalue weighted by Crippen LogP contribution is 2.09. The molecule has 0 saturated heterocycles. The van der Waals surface area contributed by atoms with Crippen LogP contribution in [-0.4, -0.2) is 5.78 Å². The molecule has 1 rings (SSSR count). The van der Waals surface area contributed by atoms with Gasteiger partial charge in [-0.05, 0) is 12.0 Å². The van der Waals surface area contributed by atoms with E-state index in [0.29, 0.717) is 12.3 Å². The molecule has 13 heavy (non-hydrogen) atoms. The van der Waals surface area contributed by atoms with Gasteiger partial charge in [-0.2, -0.15) is 0 Å². The summed E-state index contributed by atoms with van der Waals surface area (Å²) in [5.74, 6) is 0.714. The molecule has 0 unspecified atom stereocenters. The van der Waals surface area contributed by atoms with E-state index < -0.39 is 0 Å². The second kappa shape index (κ2) is 5.03. The Morgan fingerprint density at radius 2 is 1.92 bits per heavy atom. The zero-order valence-corrected chi connectivity index (χ0v) is 8.47. The van der Waals surface area contributed by atoms with E-state index in [2.05, 4.69) is 0 Å². The van der Waals surface area contributed by atoms with Crippen molar-refractivity contribution in [3.8, 4) is 0 Å². The Morgan fingerprint density at radius 1 is 1.31 bits per heavy atom. The smallest absolute Gasteiger partial charge is 0.162 e. The highest BCUT2D eigenvalue weighted by Gasteiger charge is 2.03. The van der Waals surface area contributed by atoms with Crippen LogP contribution in [0.15, 0.2) is 24.3 Å². The lowest BCUT2D eigenvalue weighted by Gasteiger charge is -1.99. The molecule has 0 radical (unpaired) electrons. The molecule has 1 nitrogen and oxygen atoms in total. The van der Waals surface area contributed by atoms with Gasteiger partial charge in [0.05, 0.1) is 0 Å². The molecule has 0 fully saturated rings. The van der Waals surface area contributed by atoms with Gasteiger partial charge in [0.1, 0.15) is 0 Å². The monoisotopic (exact) mass is 196 g/mol. The van der Waals surface area contributed by atoms with Crippen LogP contribution in [0, 0.1) is 0 Å². The normalized spacial score (nSPS) is 10.0. The van der Waals surface area contributed by atoms with Crippen molar-refractivity contribution in [1.29, 1.82) is 0 Å². The Kier molecular flexibility index (Phi) is 3.97. The molecule has 0 aliphatic heterocycles. The third kappa shape index (κ3) is 2.85. The first-order valence-corrected chi connectivity index (χ1v) is 4.99. The second-order valence-electron chi connectivity index (χ2n) is 3.00. The summed E-state index contributed by atoms with van der Waals surface area (Å²) in [7, 11) is 0. The molecule has 0 N–H and O–H groups in total. The van der Waals surface area contributed by atoms with Crippen LogP contribution in [0.4, 0.5) is 0 Å². The van der Waals surface area contributed by atoms with Crippen LogP contribution < -0.4 is 0 Å². The molecule has 2 heteroatoms. The molecule has 0 aliphatic rings. The van der Waals surface area contributed by atoms with Crippen molar-refractivity contribution in [1.82, 2.24) is 0 Å². The van der Waals surface area contributed by atoms with Crippen molar-refractivity contribution in [3.05, 3.63) is 35.4 Å². The van der Waals surface area contributed by atoms with Gasteiger partial charge in [0.15, 0.2) is 5.78 Å². The first-order chi connectivity index (χ1) is 6.27. The van der Waals surface area contributed by atoms with Crippen LogP contribution in [0.2, 0.25) is 0 Å². The number of carbonyl (C=O) groups excluding carboxylic acids is 1. The van der Waals surface area contributed by atoms with E-state index in [1.807, 2.05) is 31.2 Å². The van der Waals surface area contributed by atoms with Crippen molar-refractivity contribution in [2.45, 2.75) is 25.6 Å². The highest BCUT2D eigenvalue weighted by molar-refractivity contribution is 6.17. The fourth-order valence-corrected chi connectivity index (χ4v) is 1.33. The van der Waals surface area contributed by atoms with E-state index in [1.165, 1.54) is 0 Å². The maximum atomic E-state index is 11.4. The Balaban J connectivity index is 2.74. The molecule has 0 aliphatic carbocycles. The molecular weight excluding hydrogens is 184 g/mol. The van der Waals surface area contributed by atoms with Crippen LogP contribution in [0.5, 0.6) is 0 Å². The Labute approximate surface area is 83.7 Å². The first kappa shape index (κ1) is 10.3. The predicted molar refractivity (Wildman–Crippen MR) is 55.2 cm³/mol. The van der Waals surface area contributed by atoms with Crippen molar-refractivity contribution in [3.63, 3.8) is 0 Å². The summed E-state index contributed by atoms with van der Waals surface area (Å²) in [5.41, 5.74) is 1.84. The number of rotatable bonds is 4. The van der Waals surface area contributed by atoms with Crippen LogP contribution in [0.25, 0.3) is 0 Å². The molecule has 1 aromatic carbocycles. The summed E-state index contributed by atoms with van der Waals surface area (Å²) in [6.07, 6.45) is 1.52. The van der Waals surface area contributed by atoms with Gasteiger partial charge in [0, 0.05) is 17.9 Å². The standard InChI is InChI=1S/C11H13ClO/c1-2-3-11(13)10-6-4-9(8-12)5-7-10/h4-7H,2-3,8H2,1H3. The molecular formula is C11H13ClO. The van der Waals surface area contributed by atoms with E-state index in [0.717, 1.165) is 17.5 Å². The average molecular weight is 197 g/mol. The number of benzene rings is 1. The number of halogens is 1. The summed E-state index contributed by atoms with van der Waals surface area (Å²) < 4.78 is 0. The lowest BCUT2D eigenvalue weighted by atomic mass is 10.1. The number of hydrogen-bond acceptors (Lipinski definition) is 1. The summed E-state index contributed by atoms with van der Waals surface area (Å²) in [5, 5.41) is 0. The third-order valence-corrected chi connectivity index (χ3v) is 2.22. The SMILES string of the molecule is CCCC(=O)c1ccc(CCl)cc1. The van der Waals surface area contributed by atoms with E-state index in [9.17, 15) is 4.79 Å². The molecule has 70 valence electrons. The Hall–Kier alpha value is -0.820. The molecule has 0 spiro atoms. The summed E-state index contributed by atoms with van der Waals surface area (Å²) >= 11 is 5.64. The van der Waals surface area contributed by atoms with Crippen LogP contribution in [0.1, 0.15) is 35.7 Å². The molecule has 0 atom stereocenters. The lowest BCUT2D eigenvalue weighted by Crippen LogP contribution is -1.97.